The first-order valence-electron chi connectivity index (χ1n) is 15.2. The zero-order valence-electron chi connectivity index (χ0n) is 25.4. The second-order valence-electron chi connectivity index (χ2n) is 11.3. The monoisotopic (exact) mass is 608 g/mol. The molecule has 0 radical (unpaired) electrons. The maximum Gasteiger partial charge on any atom is 0.261 e. The van der Waals surface area contributed by atoms with Crippen LogP contribution < -0.4 is 21.9 Å². The van der Waals surface area contributed by atoms with E-state index in [1.165, 1.54) is 10.9 Å². The SMILES string of the molecule is C[C@H](Cc1ccccc1)C(=O)N1CCC(O)(Cn2cnc3cc(NCCNC(=O)COCCOCCN)ccc3c2=O)CC1. The molecule has 5 N–H and O–H groups in total. The molecule has 44 heavy (non-hydrogen) atoms. The average molecular weight is 609 g/mol. The summed E-state index contributed by atoms with van der Waals surface area (Å²) in [6, 6.07) is 15.2. The Morgan fingerprint density at radius 2 is 1.82 bits per heavy atom. The van der Waals surface area contributed by atoms with Crippen molar-refractivity contribution in [3.05, 3.63) is 70.8 Å². The molecule has 1 aliphatic rings. The summed E-state index contributed by atoms with van der Waals surface area (Å²) in [5, 5.41) is 17.7. The number of rotatable bonds is 16. The number of hydrogen-bond acceptors (Lipinski definition) is 9. The number of hydrogen-bond donors (Lipinski definition) is 4. The molecule has 1 atom stereocenters. The Morgan fingerprint density at radius 3 is 2.57 bits per heavy atom. The average Bonchev–Trinajstić information content (AvgIpc) is 3.03. The summed E-state index contributed by atoms with van der Waals surface area (Å²) in [4.78, 5) is 44.4. The normalized spacial score (nSPS) is 15.2. The molecule has 0 bridgehead atoms. The van der Waals surface area contributed by atoms with Crippen LogP contribution in [0.25, 0.3) is 10.9 Å². The number of ether oxygens (including phenoxy) is 2. The zero-order valence-corrected chi connectivity index (χ0v) is 25.4. The lowest BCUT2D eigenvalue weighted by Crippen LogP contribution is -2.50. The highest BCUT2D eigenvalue weighted by Gasteiger charge is 2.35. The number of fused-ring (bicyclic) bond motifs is 1. The minimum Gasteiger partial charge on any atom is -0.388 e. The maximum absolute atomic E-state index is 13.2. The van der Waals surface area contributed by atoms with Crippen molar-refractivity contribution >= 4 is 28.4 Å². The number of nitrogens with two attached hydrogens (primary N) is 1. The van der Waals surface area contributed by atoms with Gasteiger partial charge in [-0.1, -0.05) is 37.3 Å². The molecular formula is C32H44N6O6. The molecular weight excluding hydrogens is 564 g/mol. The van der Waals surface area contributed by atoms with Gasteiger partial charge >= 0.3 is 0 Å². The van der Waals surface area contributed by atoms with E-state index >= 15 is 0 Å². The van der Waals surface area contributed by atoms with Crippen LogP contribution in [-0.4, -0.2) is 96.1 Å². The van der Waals surface area contributed by atoms with Crippen LogP contribution in [-0.2, 0) is 32.0 Å². The molecule has 238 valence electrons. The van der Waals surface area contributed by atoms with Gasteiger partial charge in [-0.3, -0.25) is 19.0 Å². The minimum absolute atomic E-state index is 0.0440. The number of likely N-dealkylation sites (tertiary alicyclic amines) is 1. The fourth-order valence-corrected chi connectivity index (χ4v) is 5.29. The van der Waals surface area contributed by atoms with Crippen molar-refractivity contribution in [2.75, 3.05) is 64.5 Å². The van der Waals surface area contributed by atoms with Gasteiger partial charge in [0.25, 0.3) is 5.56 Å². The van der Waals surface area contributed by atoms with Gasteiger partial charge in [-0.05, 0) is 43.0 Å². The molecule has 1 aromatic heterocycles. The van der Waals surface area contributed by atoms with Crippen molar-refractivity contribution in [1.82, 2.24) is 19.8 Å². The van der Waals surface area contributed by atoms with Gasteiger partial charge in [0.05, 0.1) is 49.2 Å². The summed E-state index contributed by atoms with van der Waals surface area (Å²) in [7, 11) is 0. The van der Waals surface area contributed by atoms with Gasteiger partial charge in [-0.25, -0.2) is 4.98 Å². The molecule has 1 aliphatic heterocycles. The molecule has 0 saturated carbocycles. The van der Waals surface area contributed by atoms with Gasteiger partial charge in [-0.2, -0.15) is 0 Å². The molecule has 0 aliphatic carbocycles. The van der Waals surface area contributed by atoms with E-state index in [0.29, 0.717) is 82.7 Å². The van der Waals surface area contributed by atoms with Crippen LogP contribution in [0, 0.1) is 5.92 Å². The largest absolute Gasteiger partial charge is 0.388 e. The van der Waals surface area contributed by atoms with E-state index in [4.69, 9.17) is 15.2 Å². The second-order valence-corrected chi connectivity index (χ2v) is 11.3. The van der Waals surface area contributed by atoms with Crippen molar-refractivity contribution in [3.63, 3.8) is 0 Å². The van der Waals surface area contributed by atoms with Gasteiger partial charge in [0, 0.05) is 44.3 Å². The van der Waals surface area contributed by atoms with Crippen LogP contribution in [0.15, 0.2) is 59.7 Å². The lowest BCUT2D eigenvalue weighted by atomic mass is 9.90. The Morgan fingerprint density at radius 1 is 1.07 bits per heavy atom. The van der Waals surface area contributed by atoms with Crippen LogP contribution in [0.5, 0.6) is 0 Å². The number of aromatic nitrogens is 2. The van der Waals surface area contributed by atoms with Gasteiger partial charge in [0.2, 0.25) is 11.8 Å². The first kappa shape index (κ1) is 33.1. The van der Waals surface area contributed by atoms with Crippen molar-refractivity contribution < 1.29 is 24.2 Å². The Balaban J connectivity index is 1.23. The lowest BCUT2D eigenvalue weighted by Gasteiger charge is -2.39. The molecule has 0 unspecified atom stereocenters. The summed E-state index contributed by atoms with van der Waals surface area (Å²) in [5.41, 5.74) is 6.43. The van der Waals surface area contributed by atoms with Crippen LogP contribution in [0.1, 0.15) is 25.3 Å². The Labute approximate surface area is 257 Å². The Kier molecular flexibility index (Phi) is 12.2. The molecule has 4 rings (SSSR count). The Hall–Kier alpha value is -3.84. The van der Waals surface area contributed by atoms with Crippen molar-refractivity contribution in [2.24, 2.45) is 11.7 Å². The van der Waals surface area contributed by atoms with E-state index in [-0.39, 0.29) is 36.4 Å². The summed E-state index contributed by atoms with van der Waals surface area (Å²) >= 11 is 0. The molecule has 12 heteroatoms. The fraction of sp³-hybridized carbons (Fsp3) is 0.500. The number of nitrogens with one attached hydrogen (secondary N) is 2. The third kappa shape index (κ3) is 9.58. The zero-order chi connectivity index (χ0) is 31.4. The first-order chi connectivity index (χ1) is 21.3. The third-order valence-corrected chi connectivity index (χ3v) is 7.75. The van der Waals surface area contributed by atoms with E-state index in [1.807, 2.05) is 42.2 Å². The number of piperidine rings is 1. The molecule has 1 saturated heterocycles. The summed E-state index contributed by atoms with van der Waals surface area (Å²) in [6.07, 6.45) is 2.91. The second kappa shape index (κ2) is 16.3. The van der Waals surface area contributed by atoms with Gasteiger partial charge in [0.1, 0.15) is 6.61 Å². The highest BCUT2D eigenvalue weighted by molar-refractivity contribution is 5.81. The molecule has 0 spiro atoms. The minimum atomic E-state index is -1.10. The number of benzene rings is 2. The van der Waals surface area contributed by atoms with Crippen molar-refractivity contribution in [2.45, 2.75) is 38.3 Å². The molecule has 2 aromatic carbocycles. The summed E-state index contributed by atoms with van der Waals surface area (Å²) < 4.78 is 11.9. The van der Waals surface area contributed by atoms with E-state index in [0.717, 1.165) is 11.3 Å². The summed E-state index contributed by atoms with van der Waals surface area (Å²) in [5.74, 6) is -0.282. The van der Waals surface area contributed by atoms with Crippen LogP contribution in [0.3, 0.4) is 0 Å². The molecule has 12 nitrogen and oxygen atoms in total. The Bertz CT molecular complexity index is 1420. The van der Waals surface area contributed by atoms with Crippen LogP contribution in [0.2, 0.25) is 0 Å². The molecule has 1 fully saturated rings. The predicted octanol–water partition coefficient (Wildman–Crippen LogP) is 1.15. The number of aliphatic hydroxyl groups is 1. The van der Waals surface area contributed by atoms with Crippen molar-refractivity contribution in [1.29, 1.82) is 0 Å². The molecule has 2 amide bonds. The predicted molar refractivity (Wildman–Crippen MR) is 168 cm³/mol. The topological polar surface area (TPSA) is 161 Å². The maximum atomic E-state index is 13.2. The lowest BCUT2D eigenvalue weighted by molar-refractivity contribution is -0.139. The fourth-order valence-electron chi connectivity index (χ4n) is 5.29. The van der Waals surface area contributed by atoms with Crippen LogP contribution in [0.4, 0.5) is 5.69 Å². The van der Waals surface area contributed by atoms with Crippen molar-refractivity contribution in [3.8, 4) is 0 Å². The summed E-state index contributed by atoms with van der Waals surface area (Å²) in [6.45, 7) is 5.39. The molecule has 3 aromatic rings. The van der Waals surface area contributed by atoms with Gasteiger partial charge in [0.15, 0.2) is 0 Å². The van der Waals surface area contributed by atoms with E-state index in [1.54, 1.807) is 18.2 Å². The number of carbonyl (C=O) groups excluding carboxylic acids is 2. The number of nitrogens with zero attached hydrogens (tertiary/aromatic N) is 3. The number of carbonyl (C=O) groups is 2. The smallest absolute Gasteiger partial charge is 0.261 e. The molecule has 2 heterocycles. The van der Waals surface area contributed by atoms with Crippen LogP contribution >= 0.6 is 0 Å². The van der Waals surface area contributed by atoms with Gasteiger partial charge in [-0.15, -0.1) is 0 Å². The third-order valence-electron chi connectivity index (χ3n) is 7.75. The highest BCUT2D eigenvalue weighted by Crippen LogP contribution is 2.26. The standard InChI is InChI=1S/C32H44N6O6/c1-24(19-25-5-3-2-4-6-25)30(40)37-14-9-32(42,10-15-37)22-38-23-36-28-20-26(7-8-27(28)31(38)41)34-12-13-35-29(39)21-44-18-17-43-16-11-33/h2-8,20,23-24,34,42H,9-19,21-22,33H2,1H3,(H,35,39)/t24-/m1/s1. The van der Waals surface area contributed by atoms with E-state index in [2.05, 4.69) is 15.6 Å². The number of anilines is 1. The van der Waals surface area contributed by atoms with E-state index in [9.17, 15) is 19.5 Å². The quantitative estimate of drug-likeness (QED) is 0.175. The first-order valence-corrected chi connectivity index (χ1v) is 15.2. The van der Waals surface area contributed by atoms with Gasteiger partial charge < -0.3 is 35.8 Å². The highest BCUT2D eigenvalue weighted by atomic mass is 16.5. The van der Waals surface area contributed by atoms with E-state index < -0.39 is 5.60 Å². The number of amides is 2.